The SMILES string of the molecule is COc1ccc(-n2c(-c3cc(C)c(OC)cc3C)nc3ccccc3c2=O)cc1. The van der Waals surface area contributed by atoms with Crippen LogP contribution in [0.5, 0.6) is 11.5 Å². The molecule has 1 heterocycles. The molecule has 0 bridgehead atoms. The van der Waals surface area contributed by atoms with E-state index in [0.717, 1.165) is 33.9 Å². The first-order valence-electron chi connectivity index (χ1n) is 9.35. The van der Waals surface area contributed by atoms with Gasteiger partial charge in [-0.3, -0.25) is 9.36 Å². The standard InChI is InChI=1S/C24H22N2O3/c1-15-14-22(29-4)16(2)13-20(15)23-25-21-8-6-5-7-19(21)24(27)26(23)17-9-11-18(28-3)12-10-17/h5-14H,1-4H3. The van der Waals surface area contributed by atoms with E-state index in [1.807, 2.05) is 68.4 Å². The third-order valence-electron chi connectivity index (χ3n) is 5.09. The Kier molecular flexibility index (Phi) is 4.80. The van der Waals surface area contributed by atoms with Crippen molar-refractivity contribution in [1.29, 1.82) is 0 Å². The van der Waals surface area contributed by atoms with Crippen LogP contribution in [0.4, 0.5) is 0 Å². The highest BCUT2D eigenvalue weighted by atomic mass is 16.5. The molecule has 0 fully saturated rings. The van der Waals surface area contributed by atoms with Crippen molar-refractivity contribution < 1.29 is 9.47 Å². The summed E-state index contributed by atoms with van der Waals surface area (Å²) in [6.07, 6.45) is 0. The fraction of sp³-hybridized carbons (Fsp3) is 0.167. The fourth-order valence-electron chi connectivity index (χ4n) is 3.53. The molecule has 0 radical (unpaired) electrons. The molecule has 0 N–H and O–H groups in total. The molecule has 0 saturated heterocycles. The number of rotatable bonds is 4. The molecule has 5 nitrogen and oxygen atoms in total. The number of fused-ring (bicyclic) bond motifs is 1. The molecule has 0 atom stereocenters. The van der Waals surface area contributed by atoms with Crippen molar-refractivity contribution in [3.8, 4) is 28.6 Å². The summed E-state index contributed by atoms with van der Waals surface area (Å²) in [5.41, 5.74) is 4.15. The maximum absolute atomic E-state index is 13.5. The van der Waals surface area contributed by atoms with E-state index in [2.05, 4.69) is 0 Å². The van der Waals surface area contributed by atoms with Gasteiger partial charge in [0.05, 0.1) is 30.8 Å². The van der Waals surface area contributed by atoms with Gasteiger partial charge in [0.1, 0.15) is 17.3 Å². The van der Waals surface area contributed by atoms with Gasteiger partial charge in [0.2, 0.25) is 0 Å². The summed E-state index contributed by atoms with van der Waals surface area (Å²) in [5.74, 6) is 2.14. The van der Waals surface area contributed by atoms with Crippen LogP contribution in [0.2, 0.25) is 0 Å². The summed E-state index contributed by atoms with van der Waals surface area (Å²) >= 11 is 0. The third kappa shape index (κ3) is 3.25. The van der Waals surface area contributed by atoms with Gasteiger partial charge in [-0.15, -0.1) is 0 Å². The number of hydrogen-bond acceptors (Lipinski definition) is 4. The van der Waals surface area contributed by atoms with E-state index >= 15 is 0 Å². The number of benzene rings is 3. The van der Waals surface area contributed by atoms with Gasteiger partial charge in [-0.2, -0.15) is 0 Å². The average Bonchev–Trinajstić information content (AvgIpc) is 2.75. The molecule has 0 unspecified atom stereocenters. The number of ether oxygens (including phenoxy) is 2. The highest BCUT2D eigenvalue weighted by Gasteiger charge is 2.17. The molecular weight excluding hydrogens is 364 g/mol. The molecule has 3 aromatic carbocycles. The van der Waals surface area contributed by atoms with Crippen molar-refractivity contribution >= 4 is 10.9 Å². The van der Waals surface area contributed by atoms with Gasteiger partial charge in [0.25, 0.3) is 5.56 Å². The summed E-state index contributed by atoms with van der Waals surface area (Å²) in [6.45, 7) is 3.98. The Morgan fingerprint density at radius 1 is 0.862 bits per heavy atom. The molecule has 0 amide bonds. The Hall–Kier alpha value is -3.60. The van der Waals surface area contributed by atoms with Gasteiger partial charge < -0.3 is 9.47 Å². The zero-order valence-electron chi connectivity index (χ0n) is 16.9. The summed E-state index contributed by atoms with van der Waals surface area (Å²) < 4.78 is 12.4. The zero-order valence-corrected chi connectivity index (χ0v) is 16.9. The molecule has 1 aromatic heterocycles. The molecule has 0 saturated carbocycles. The summed E-state index contributed by atoms with van der Waals surface area (Å²) in [6, 6.07) is 18.8. The number of aromatic nitrogens is 2. The van der Waals surface area contributed by atoms with E-state index in [9.17, 15) is 4.79 Å². The monoisotopic (exact) mass is 386 g/mol. The van der Waals surface area contributed by atoms with Crippen molar-refractivity contribution in [3.05, 3.63) is 82.1 Å². The third-order valence-corrected chi connectivity index (χ3v) is 5.09. The second kappa shape index (κ2) is 7.43. The average molecular weight is 386 g/mol. The lowest BCUT2D eigenvalue weighted by Crippen LogP contribution is -2.22. The quantitative estimate of drug-likeness (QED) is 0.511. The largest absolute Gasteiger partial charge is 0.497 e. The second-order valence-corrected chi connectivity index (χ2v) is 6.93. The molecule has 4 aromatic rings. The van der Waals surface area contributed by atoms with Crippen LogP contribution in [-0.2, 0) is 0 Å². The maximum atomic E-state index is 13.5. The van der Waals surface area contributed by atoms with Crippen LogP contribution in [-0.4, -0.2) is 23.8 Å². The van der Waals surface area contributed by atoms with E-state index in [-0.39, 0.29) is 5.56 Å². The van der Waals surface area contributed by atoms with Gasteiger partial charge in [0, 0.05) is 5.56 Å². The van der Waals surface area contributed by atoms with Crippen LogP contribution in [0.3, 0.4) is 0 Å². The predicted octanol–water partition coefficient (Wildman–Crippen LogP) is 4.69. The first kappa shape index (κ1) is 18.7. The molecule has 0 aliphatic rings. The summed E-state index contributed by atoms with van der Waals surface area (Å²) in [5, 5.41) is 0.579. The Balaban J connectivity index is 2.07. The number of nitrogens with zero attached hydrogens (tertiary/aromatic N) is 2. The summed E-state index contributed by atoms with van der Waals surface area (Å²) in [4.78, 5) is 18.3. The van der Waals surface area contributed by atoms with E-state index in [4.69, 9.17) is 14.5 Å². The van der Waals surface area contributed by atoms with Crippen LogP contribution in [0, 0.1) is 13.8 Å². The molecular formula is C24H22N2O3. The Bertz CT molecular complexity index is 1260. The Morgan fingerprint density at radius 2 is 1.59 bits per heavy atom. The van der Waals surface area contributed by atoms with Crippen LogP contribution in [0.1, 0.15) is 11.1 Å². The van der Waals surface area contributed by atoms with Crippen molar-refractivity contribution in [2.75, 3.05) is 14.2 Å². The summed E-state index contributed by atoms with van der Waals surface area (Å²) in [7, 11) is 3.27. The number of para-hydroxylation sites is 1. The molecule has 0 spiro atoms. The first-order chi connectivity index (χ1) is 14.0. The number of aryl methyl sites for hydroxylation is 2. The van der Waals surface area contributed by atoms with Crippen LogP contribution in [0.15, 0.2) is 65.5 Å². The van der Waals surface area contributed by atoms with Gasteiger partial charge in [-0.1, -0.05) is 12.1 Å². The Labute approximate surface area is 169 Å². The Morgan fingerprint density at radius 3 is 2.28 bits per heavy atom. The van der Waals surface area contributed by atoms with Gasteiger partial charge in [0.15, 0.2) is 0 Å². The fourth-order valence-corrected chi connectivity index (χ4v) is 3.53. The molecule has 0 aliphatic heterocycles. The minimum Gasteiger partial charge on any atom is -0.497 e. The van der Waals surface area contributed by atoms with Gasteiger partial charge in [-0.25, -0.2) is 4.98 Å². The maximum Gasteiger partial charge on any atom is 0.266 e. The van der Waals surface area contributed by atoms with E-state index in [0.29, 0.717) is 16.7 Å². The second-order valence-electron chi connectivity index (χ2n) is 6.93. The zero-order chi connectivity index (χ0) is 20.5. The van der Waals surface area contributed by atoms with Crippen LogP contribution >= 0.6 is 0 Å². The van der Waals surface area contributed by atoms with Crippen LogP contribution < -0.4 is 15.0 Å². The first-order valence-corrected chi connectivity index (χ1v) is 9.35. The topological polar surface area (TPSA) is 53.4 Å². The van der Waals surface area contributed by atoms with Gasteiger partial charge >= 0.3 is 0 Å². The van der Waals surface area contributed by atoms with Crippen LogP contribution in [0.25, 0.3) is 28.0 Å². The minimum atomic E-state index is -0.108. The van der Waals surface area contributed by atoms with Gasteiger partial charge in [-0.05, 0) is 73.5 Å². The van der Waals surface area contributed by atoms with Crippen molar-refractivity contribution in [3.63, 3.8) is 0 Å². The van der Waals surface area contributed by atoms with E-state index in [1.54, 1.807) is 24.9 Å². The van der Waals surface area contributed by atoms with E-state index < -0.39 is 0 Å². The minimum absolute atomic E-state index is 0.108. The van der Waals surface area contributed by atoms with Crippen molar-refractivity contribution in [2.45, 2.75) is 13.8 Å². The normalized spacial score (nSPS) is 10.9. The van der Waals surface area contributed by atoms with Crippen molar-refractivity contribution in [2.24, 2.45) is 0 Å². The van der Waals surface area contributed by atoms with E-state index in [1.165, 1.54) is 0 Å². The predicted molar refractivity (Wildman–Crippen MR) is 115 cm³/mol. The molecule has 29 heavy (non-hydrogen) atoms. The molecule has 0 aliphatic carbocycles. The smallest absolute Gasteiger partial charge is 0.266 e. The molecule has 5 heteroatoms. The number of hydrogen-bond donors (Lipinski definition) is 0. The highest BCUT2D eigenvalue weighted by molar-refractivity contribution is 5.81. The number of methoxy groups -OCH3 is 2. The lowest BCUT2D eigenvalue weighted by molar-refractivity contribution is 0.411. The van der Waals surface area contributed by atoms with Crippen molar-refractivity contribution in [1.82, 2.24) is 9.55 Å². The highest BCUT2D eigenvalue weighted by Crippen LogP contribution is 2.31. The molecule has 4 rings (SSSR count). The lowest BCUT2D eigenvalue weighted by Gasteiger charge is -2.17. The lowest BCUT2D eigenvalue weighted by atomic mass is 10.0. The molecule has 146 valence electrons.